The predicted octanol–water partition coefficient (Wildman–Crippen LogP) is 1.60. The molecule has 0 spiro atoms. The third-order valence-electron chi connectivity index (χ3n) is 3.95. The van der Waals surface area contributed by atoms with E-state index in [9.17, 15) is 4.79 Å². The number of rotatable bonds is 5. The number of nitrogens with one attached hydrogen (secondary N) is 1. The Bertz CT molecular complexity index is 295. The molecule has 0 saturated heterocycles. The van der Waals surface area contributed by atoms with Gasteiger partial charge in [-0.25, -0.2) is 0 Å². The number of hydrogen-bond donors (Lipinski definition) is 2. The first-order valence-corrected chi connectivity index (χ1v) is 6.65. The summed E-state index contributed by atoms with van der Waals surface area (Å²) in [6.45, 7) is 2.07. The molecule has 16 heavy (non-hydrogen) atoms. The number of amides is 1. The van der Waals surface area contributed by atoms with Crippen molar-refractivity contribution in [1.82, 2.24) is 5.32 Å². The smallest absolute Gasteiger partial charge is 0.224 e. The maximum absolute atomic E-state index is 12.0. The Kier molecular flexibility index (Phi) is 3.47. The largest absolute Gasteiger partial charge is 0.392 e. The lowest BCUT2D eigenvalue weighted by molar-refractivity contribution is -0.123. The summed E-state index contributed by atoms with van der Waals surface area (Å²) >= 11 is 4.97. The average Bonchev–Trinajstić information content (AvgIpc) is 2.72. The van der Waals surface area contributed by atoms with E-state index in [0.29, 0.717) is 16.8 Å². The Balaban J connectivity index is 1.84. The van der Waals surface area contributed by atoms with Crippen LogP contribution < -0.4 is 11.1 Å². The topological polar surface area (TPSA) is 55.1 Å². The van der Waals surface area contributed by atoms with Gasteiger partial charge in [-0.3, -0.25) is 4.79 Å². The normalized spacial score (nSPS) is 32.9. The van der Waals surface area contributed by atoms with Gasteiger partial charge in [0.25, 0.3) is 0 Å². The van der Waals surface area contributed by atoms with E-state index in [1.807, 2.05) is 0 Å². The second-order valence-corrected chi connectivity index (χ2v) is 5.51. The highest BCUT2D eigenvalue weighted by Gasteiger charge is 2.56. The number of thiocarbonyl (C=S) groups is 1. The van der Waals surface area contributed by atoms with Gasteiger partial charge in [-0.1, -0.05) is 32.0 Å². The summed E-state index contributed by atoms with van der Waals surface area (Å²) in [6, 6.07) is -0.103. The van der Waals surface area contributed by atoms with Crippen molar-refractivity contribution in [2.45, 2.75) is 45.1 Å². The molecule has 0 heterocycles. The van der Waals surface area contributed by atoms with Crippen LogP contribution >= 0.6 is 12.2 Å². The molecule has 0 bridgehead atoms. The molecule has 90 valence electrons. The van der Waals surface area contributed by atoms with E-state index < -0.39 is 0 Å². The SMILES string of the molecule is CCCC(NC(=O)C1C2CCCC21)C(N)=S. The van der Waals surface area contributed by atoms with Crippen molar-refractivity contribution in [3.05, 3.63) is 0 Å². The van der Waals surface area contributed by atoms with Gasteiger partial charge in [0.1, 0.15) is 0 Å². The Morgan fingerprint density at radius 2 is 2.12 bits per heavy atom. The summed E-state index contributed by atoms with van der Waals surface area (Å²) in [6.07, 6.45) is 5.60. The van der Waals surface area contributed by atoms with Gasteiger partial charge in [0.05, 0.1) is 11.0 Å². The van der Waals surface area contributed by atoms with Gasteiger partial charge in [-0.05, 0) is 31.1 Å². The van der Waals surface area contributed by atoms with Crippen molar-refractivity contribution in [3.63, 3.8) is 0 Å². The summed E-state index contributed by atoms with van der Waals surface area (Å²) in [5, 5.41) is 3.00. The van der Waals surface area contributed by atoms with Gasteiger partial charge < -0.3 is 11.1 Å². The molecule has 4 heteroatoms. The molecular weight excluding hydrogens is 220 g/mol. The maximum Gasteiger partial charge on any atom is 0.224 e. The van der Waals surface area contributed by atoms with Crippen LogP contribution in [-0.4, -0.2) is 16.9 Å². The molecule has 0 aliphatic heterocycles. The first-order chi connectivity index (χ1) is 7.65. The molecule has 3 atom stereocenters. The number of nitrogens with two attached hydrogens (primary N) is 1. The van der Waals surface area contributed by atoms with Crippen molar-refractivity contribution in [2.75, 3.05) is 0 Å². The van der Waals surface area contributed by atoms with Crippen LogP contribution in [0.5, 0.6) is 0 Å². The Hall–Kier alpha value is -0.640. The Morgan fingerprint density at radius 1 is 1.50 bits per heavy atom. The van der Waals surface area contributed by atoms with Crippen LogP contribution in [0.1, 0.15) is 39.0 Å². The van der Waals surface area contributed by atoms with E-state index in [2.05, 4.69) is 12.2 Å². The fourth-order valence-electron chi connectivity index (χ4n) is 3.05. The Morgan fingerprint density at radius 3 is 2.62 bits per heavy atom. The van der Waals surface area contributed by atoms with E-state index >= 15 is 0 Å². The molecule has 0 aromatic carbocycles. The number of hydrogen-bond acceptors (Lipinski definition) is 2. The molecule has 0 aromatic heterocycles. The van der Waals surface area contributed by atoms with Crippen LogP contribution in [0.25, 0.3) is 0 Å². The van der Waals surface area contributed by atoms with Crippen LogP contribution in [0.4, 0.5) is 0 Å². The number of fused-ring (bicyclic) bond motifs is 1. The van der Waals surface area contributed by atoms with E-state index in [0.717, 1.165) is 12.8 Å². The van der Waals surface area contributed by atoms with E-state index in [1.54, 1.807) is 0 Å². The maximum atomic E-state index is 12.0. The van der Waals surface area contributed by atoms with Crippen molar-refractivity contribution in [2.24, 2.45) is 23.5 Å². The van der Waals surface area contributed by atoms with Crippen molar-refractivity contribution in [3.8, 4) is 0 Å². The molecule has 3 nitrogen and oxygen atoms in total. The van der Waals surface area contributed by atoms with Gasteiger partial charge in [-0.2, -0.15) is 0 Å². The molecule has 2 aliphatic carbocycles. The van der Waals surface area contributed by atoms with Crippen LogP contribution in [-0.2, 0) is 4.79 Å². The van der Waals surface area contributed by atoms with Crippen LogP contribution in [0, 0.1) is 17.8 Å². The lowest BCUT2D eigenvalue weighted by atomic mass is 10.1. The van der Waals surface area contributed by atoms with Gasteiger partial charge in [0, 0.05) is 5.92 Å². The monoisotopic (exact) mass is 240 g/mol. The quantitative estimate of drug-likeness (QED) is 0.718. The summed E-state index contributed by atoms with van der Waals surface area (Å²) < 4.78 is 0. The summed E-state index contributed by atoms with van der Waals surface area (Å²) in [7, 11) is 0. The summed E-state index contributed by atoms with van der Waals surface area (Å²) in [5.41, 5.74) is 5.62. The van der Waals surface area contributed by atoms with Crippen molar-refractivity contribution in [1.29, 1.82) is 0 Å². The van der Waals surface area contributed by atoms with E-state index in [4.69, 9.17) is 18.0 Å². The first-order valence-electron chi connectivity index (χ1n) is 6.24. The third-order valence-corrected chi connectivity index (χ3v) is 4.23. The molecule has 3 N–H and O–H groups in total. The second kappa shape index (κ2) is 4.70. The third kappa shape index (κ3) is 2.21. The zero-order valence-corrected chi connectivity index (χ0v) is 10.6. The fourth-order valence-corrected chi connectivity index (χ4v) is 3.23. The fraction of sp³-hybridized carbons (Fsp3) is 0.833. The molecule has 2 rings (SSSR count). The highest BCUT2D eigenvalue weighted by atomic mass is 32.1. The van der Waals surface area contributed by atoms with E-state index in [1.165, 1.54) is 19.3 Å². The highest BCUT2D eigenvalue weighted by Crippen LogP contribution is 2.57. The minimum Gasteiger partial charge on any atom is -0.392 e. The summed E-state index contributed by atoms with van der Waals surface area (Å²) in [4.78, 5) is 12.4. The Labute approximate surface area is 102 Å². The minimum atomic E-state index is -0.103. The molecular formula is C12H20N2OS. The summed E-state index contributed by atoms with van der Waals surface area (Å²) in [5.74, 6) is 1.77. The molecule has 2 saturated carbocycles. The zero-order chi connectivity index (χ0) is 11.7. The van der Waals surface area contributed by atoms with Crippen LogP contribution in [0.2, 0.25) is 0 Å². The minimum absolute atomic E-state index is 0.103. The number of carbonyl (C=O) groups excluding carboxylic acids is 1. The lowest BCUT2D eigenvalue weighted by Gasteiger charge is -2.17. The van der Waals surface area contributed by atoms with Crippen LogP contribution in [0.15, 0.2) is 0 Å². The van der Waals surface area contributed by atoms with Crippen molar-refractivity contribution >= 4 is 23.1 Å². The standard InChI is InChI=1S/C12H20N2OS/c1-2-4-9(11(13)16)14-12(15)10-7-5-3-6-8(7)10/h7-10H,2-6H2,1H3,(H2,13,16)(H,14,15). The molecule has 2 fully saturated rings. The molecule has 1 amide bonds. The highest BCUT2D eigenvalue weighted by molar-refractivity contribution is 7.80. The van der Waals surface area contributed by atoms with Gasteiger partial charge in [0.15, 0.2) is 0 Å². The average molecular weight is 240 g/mol. The van der Waals surface area contributed by atoms with Gasteiger partial charge >= 0.3 is 0 Å². The molecule has 0 radical (unpaired) electrons. The van der Waals surface area contributed by atoms with Crippen molar-refractivity contribution < 1.29 is 4.79 Å². The molecule has 0 aromatic rings. The van der Waals surface area contributed by atoms with Crippen LogP contribution in [0.3, 0.4) is 0 Å². The predicted molar refractivity (Wildman–Crippen MR) is 67.9 cm³/mol. The van der Waals surface area contributed by atoms with E-state index in [-0.39, 0.29) is 17.9 Å². The molecule has 3 unspecified atom stereocenters. The first kappa shape index (κ1) is 11.8. The second-order valence-electron chi connectivity index (χ2n) is 5.04. The number of carbonyl (C=O) groups is 1. The molecule has 2 aliphatic rings. The zero-order valence-electron chi connectivity index (χ0n) is 9.74. The van der Waals surface area contributed by atoms with Gasteiger partial charge in [0.2, 0.25) is 5.91 Å². The lowest BCUT2D eigenvalue weighted by Crippen LogP contribution is -2.44. The van der Waals surface area contributed by atoms with Gasteiger partial charge in [-0.15, -0.1) is 0 Å².